The van der Waals surface area contributed by atoms with Crippen LogP contribution in [-0.4, -0.2) is 41.6 Å². The fourth-order valence-electron chi connectivity index (χ4n) is 3.55. The number of nitrogens with zero attached hydrogens (tertiary/aromatic N) is 1. The number of rotatable bonds is 1. The average Bonchev–Trinajstić information content (AvgIpc) is 2.73. The van der Waals surface area contributed by atoms with Gasteiger partial charge in [-0.1, -0.05) is 0 Å². The second-order valence-electron chi connectivity index (χ2n) is 6.28. The van der Waals surface area contributed by atoms with E-state index in [0.29, 0.717) is 18.2 Å². The third-order valence-electron chi connectivity index (χ3n) is 4.02. The van der Waals surface area contributed by atoms with E-state index in [4.69, 9.17) is 9.57 Å². The molecule has 4 atom stereocenters. The van der Waals surface area contributed by atoms with Gasteiger partial charge in [-0.15, -0.1) is 0 Å². The van der Waals surface area contributed by atoms with Crippen molar-refractivity contribution in [3.8, 4) is 0 Å². The Hall–Kier alpha value is -0.120. The van der Waals surface area contributed by atoms with E-state index >= 15 is 0 Å². The lowest BCUT2D eigenvalue weighted by atomic mass is 9.99. The van der Waals surface area contributed by atoms with Crippen LogP contribution in [0.3, 0.4) is 0 Å². The monoisotopic (exact) mass is 212 g/mol. The third kappa shape index (κ3) is 1.52. The zero-order valence-electron chi connectivity index (χ0n) is 10.0. The summed E-state index contributed by atoms with van der Waals surface area (Å²) in [7, 11) is 0. The molecular formula is C12H22NO2+. The highest BCUT2D eigenvalue weighted by Crippen LogP contribution is 2.46. The normalized spacial score (nSPS) is 48.6. The van der Waals surface area contributed by atoms with E-state index < -0.39 is 0 Å². The van der Waals surface area contributed by atoms with Gasteiger partial charge in [0.25, 0.3) is 0 Å². The molecule has 3 saturated heterocycles. The summed E-state index contributed by atoms with van der Waals surface area (Å²) in [4.78, 5) is 6.09. The molecule has 0 aromatic rings. The Morgan fingerprint density at radius 3 is 2.60 bits per heavy atom. The molecule has 3 aliphatic rings. The van der Waals surface area contributed by atoms with Crippen LogP contribution in [0, 0.1) is 0 Å². The van der Waals surface area contributed by atoms with Crippen LogP contribution in [-0.2, 0) is 9.57 Å². The second kappa shape index (κ2) is 2.96. The van der Waals surface area contributed by atoms with Crippen LogP contribution in [0.2, 0.25) is 0 Å². The van der Waals surface area contributed by atoms with Crippen LogP contribution in [0.15, 0.2) is 0 Å². The van der Waals surface area contributed by atoms with Gasteiger partial charge in [0.1, 0.15) is 31.3 Å². The van der Waals surface area contributed by atoms with Crippen molar-refractivity contribution < 1.29 is 14.2 Å². The van der Waals surface area contributed by atoms with Gasteiger partial charge < -0.3 is 4.74 Å². The van der Waals surface area contributed by atoms with Crippen molar-refractivity contribution in [3.05, 3.63) is 0 Å². The first kappa shape index (κ1) is 10.1. The number of ether oxygens (including phenoxy) is 1. The number of quaternary nitrogens is 1. The third-order valence-corrected chi connectivity index (χ3v) is 4.02. The fourth-order valence-corrected chi connectivity index (χ4v) is 3.55. The zero-order valence-corrected chi connectivity index (χ0v) is 10.0. The standard InChI is InChI=1S/C12H22NO2/c1-12(2,3)14-11-5-7-13-6-4-9(15-13)8-10(11)13/h9-11H,4-8H2,1-3H3/q+1/t9-,10-,11+,13+/m1/s1. The Morgan fingerprint density at radius 1 is 1.20 bits per heavy atom. The molecule has 0 amide bonds. The summed E-state index contributed by atoms with van der Waals surface area (Å²) in [6.45, 7) is 8.85. The molecule has 0 saturated carbocycles. The predicted octanol–water partition coefficient (Wildman–Crippen LogP) is 1.87. The maximum Gasteiger partial charge on any atom is 0.148 e. The lowest BCUT2D eigenvalue weighted by molar-refractivity contribution is -1.09. The predicted molar refractivity (Wildman–Crippen MR) is 57.1 cm³/mol. The van der Waals surface area contributed by atoms with E-state index in [2.05, 4.69) is 20.8 Å². The molecule has 15 heavy (non-hydrogen) atoms. The molecule has 0 aliphatic carbocycles. The molecule has 0 aromatic carbocycles. The molecule has 1 spiro atoms. The number of hydrogen-bond donors (Lipinski definition) is 0. The molecular weight excluding hydrogens is 190 g/mol. The molecule has 3 heteroatoms. The molecule has 0 unspecified atom stereocenters. The Morgan fingerprint density at radius 2 is 1.93 bits per heavy atom. The summed E-state index contributed by atoms with van der Waals surface area (Å²) in [6.07, 6.45) is 4.62. The average molecular weight is 212 g/mol. The Kier molecular flexibility index (Phi) is 1.99. The van der Waals surface area contributed by atoms with Gasteiger partial charge in [-0.2, -0.15) is 9.48 Å². The maximum absolute atomic E-state index is 6.16. The SMILES string of the molecule is CC(C)(C)O[C@H]1CC[N@@+]23CC[C@H](C[C@H]12)O3. The number of fused-ring (bicyclic) bond motifs is 1. The van der Waals surface area contributed by atoms with Gasteiger partial charge in [0.15, 0.2) is 0 Å². The molecule has 86 valence electrons. The van der Waals surface area contributed by atoms with Crippen molar-refractivity contribution in [1.82, 2.24) is 0 Å². The molecule has 3 aliphatic heterocycles. The highest BCUT2D eigenvalue weighted by molar-refractivity contribution is 4.88. The van der Waals surface area contributed by atoms with E-state index in [9.17, 15) is 0 Å². The minimum atomic E-state index is -0.0120. The zero-order chi connectivity index (χ0) is 10.7. The van der Waals surface area contributed by atoms with Crippen LogP contribution in [0.5, 0.6) is 0 Å². The first-order valence-electron chi connectivity index (χ1n) is 6.22. The summed E-state index contributed by atoms with van der Waals surface area (Å²) in [5, 5.41) is 0. The van der Waals surface area contributed by atoms with E-state index in [-0.39, 0.29) is 5.60 Å². The minimum Gasteiger partial charge on any atom is -0.366 e. The van der Waals surface area contributed by atoms with Crippen LogP contribution in [0.25, 0.3) is 0 Å². The molecule has 3 nitrogen and oxygen atoms in total. The summed E-state index contributed by atoms with van der Waals surface area (Å²) >= 11 is 0. The van der Waals surface area contributed by atoms with Gasteiger partial charge in [0.2, 0.25) is 0 Å². The quantitative estimate of drug-likeness (QED) is 0.618. The van der Waals surface area contributed by atoms with E-state index in [1.54, 1.807) is 0 Å². The molecule has 0 aromatic heterocycles. The van der Waals surface area contributed by atoms with E-state index in [1.165, 1.54) is 32.4 Å². The van der Waals surface area contributed by atoms with Gasteiger partial charge in [-0.25, -0.2) is 0 Å². The molecule has 0 N–H and O–H groups in total. The van der Waals surface area contributed by atoms with Crippen molar-refractivity contribution in [2.75, 3.05) is 13.1 Å². The maximum atomic E-state index is 6.16. The summed E-state index contributed by atoms with van der Waals surface area (Å²) < 4.78 is 7.09. The molecule has 3 rings (SSSR count). The minimum absolute atomic E-state index is 0.0120. The Bertz CT molecular complexity index is 273. The van der Waals surface area contributed by atoms with Gasteiger partial charge in [0, 0.05) is 19.3 Å². The van der Waals surface area contributed by atoms with E-state index in [0.717, 1.165) is 4.65 Å². The van der Waals surface area contributed by atoms with Crippen molar-refractivity contribution in [2.24, 2.45) is 0 Å². The van der Waals surface area contributed by atoms with Crippen LogP contribution in [0.4, 0.5) is 0 Å². The molecule has 3 fully saturated rings. The Labute approximate surface area is 91.9 Å². The number of hydroxylamine groups is 3. The summed E-state index contributed by atoms with van der Waals surface area (Å²) in [5.74, 6) is 0. The van der Waals surface area contributed by atoms with Crippen LogP contribution >= 0.6 is 0 Å². The van der Waals surface area contributed by atoms with Crippen molar-refractivity contribution in [3.63, 3.8) is 0 Å². The van der Waals surface area contributed by atoms with Gasteiger partial charge in [0.05, 0.1) is 5.60 Å². The molecule has 3 heterocycles. The highest BCUT2D eigenvalue weighted by atomic mass is 16.7. The van der Waals surface area contributed by atoms with Crippen LogP contribution < -0.4 is 0 Å². The second-order valence-corrected chi connectivity index (χ2v) is 6.28. The van der Waals surface area contributed by atoms with Gasteiger partial charge in [-0.05, 0) is 20.8 Å². The fraction of sp³-hybridized carbons (Fsp3) is 1.00. The van der Waals surface area contributed by atoms with Crippen LogP contribution in [0.1, 0.15) is 40.0 Å². The molecule has 0 radical (unpaired) electrons. The first-order valence-corrected chi connectivity index (χ1v) is 6.22. The summed E-state index contributed by atoms with van der Waals surface area (Å²) in [6, 6.07) is 0.628. The van der Waals surface area contributed by atoms with E-state index in [1.807, 2.05) is 0 Å². The topological polar surface area (TPSA) is 18.5 Å². The lowest BCUT2D eigenvalue weighted by Crippen LogP contribution is -2.49. The number of hydrogen-bond acceptors (Lipinski definition) is 2. The summed E-state index contributed by atoms with van der Waals surface area (Å²) in [5.41, 5.74) is -0.0120. The van der Waals surface area contributed by atoms with Crippen molar-refractivity contribution >= 4 is 0 Å². The first-order chi connectivity index (χ1) is 6.99. The highest BCUT2D eigenvalue weighted by Gasteiger charge is 2.62. The van der Waals surface area contributed by atoms with Crippen molar-refractivity contribution in [2.45, 2.75) is 63.9 Å². The lowest BCUT2D eigenvalue weighted by Gasteiger charge is -2.32. The largest absolute Gasteiger partial charge is 0.366 e. The van der Waals surface area contributed by atoms with Gasteiger partial charge in [-0.3, -0.25) is 0 Å². The van der Waals surface area contributed by atoms with Gasteiger partial charge >= 0.3 is 0 Å². The molecule has 2 bridgehead atoms. The number of piperidine rings is 1. The smallest absolute Gasteiger partial charge is 0.148 e. The van der Waals surface area contributed by atoms with Crippen molar-refractivity contribution in [1.29, 1.82) is 0 Å². The Balaban J connectivity index is 1.74.